The van der Waals surface area contributed by atoms with Crippen molar-refractivity contribution >= 4 is 43.6 Å². The van der Waals surface area contributed by atoms with Crippen LogP contribution in [0.1, 0.15) is 0 Å². The quantitative estimate of drug-likeness (QED) is 0.227. The number of phenols is 1. The van der Waals surface area contributed by atoms with E-state index in [1.54, 1.807) is 0 Å². The van der Waals surface area contributed by atoms with Gasteiger partial charge in [0.15, 0.2) is 0 Å². The van der Waals surface area contributed by atoms with Crippen LogP contribution in [0, 0.1) is 10.1 Å². The van der Waals surface area contributed by atoms with E-state index in [1.807, 2.05) is 0 Å². The van der Waals surface area contributed by atoms with E-state index in [9.17, 15) is 28.2 Å². The summed E-state index contributed by atoms with van der Waals surface area (Å²) in [7, 11) is -4.71. The first-order chi connectivity index (χ1) is 12.7. The van der Waals surface area contributed by atoms with Gasteiger partial charge < -0.3 is 15.4 Å². The lowest BCUT2D eigenvalue weighted by atomic mass is 10.1. The van der Waals surface area contributed by atoms with E-state index in [1.165, 1.54) is 36.4 Å². The largest absolute Gasteiger partial charge is 0.744 e. The molecule has 3 N–H and O–H groups in total. The van der Waals surface area contributed by atoms with Crippen LogP contribution in [0.4, 0.5) is 22.7 Å². The molecule has 3 aromatic rings. The van der Waals surface area contributed by atoms with Crippen molar-refractivity contribution < 1.29 is 23.0 Å². The Labute approximate surface area is 152 Å². The molecular formula is C16H11N4O6S-. The fraction of sp³-hybridized carbons (Fsp3) is 0. The van der Waals surface area contributed by atoms with E-state index in [4.69, 9.17) is 5.73 Å². The zero-order chi connectivity index (χ0) is 19.8. The predicted octanol–water partition coefficient (Wildman–Crippen LogP) is 3.36. The summed E-state index contributed by atoms with van der Waals surface area (Å²) in [4.78, 5) is 9.60. The number of fused-ring (bicyclic) bond motifs is 1. The number of anilines is 1. The van der Waals surface area contributed by atoms with Gasteiger partial charge >= 0.3 is 0 Å². The standard InChI is InChI=1S/C16H12N4O6S/c17-12-6-5-10-11(2-1-3-15(10)27(24,25)26)16(12)19-18-13-7-4-9(20(22)23)8-14(13)21/h1-8,21H,17H2,(H,24,25,26)/p-1. The number of nitro benzene ring substituents is 1. The van der Waals surface area contributed by atoms with Crippen LogP contribution < -0.4 is 5.73 Å². The number of hydrogen-bond donors (Lipinski definition) is 2. The van der Waals surface area contributed by atoms with E-state index >= 15 is 0 Å². The molecule has 0 unspecified atom stereocenters. The Balaban J connectivity index is 2.14. The first-order valence-electron chi connectivity index (χ1n) is 7.35. The number of nitrogens with two attached hydrogens (primary N) is 1. The molecule has 0 aliphatic rings. The summed E-state index contributed by atoms with van der Waals surface area (Å²) in [5, 5.41) is 28.7. The lowest BCUT2D eigenvalue weighted by Gasteiger charge is -2.12. The number of non-ortho nitro benzene ring substituents is 1. The monoisotopic (exact) mass is 387 g/mol. The van der Waals surface area contributed by atoms with Gasteiger partial charge in [-0.2, -0.15) is 0 Å². The minimum Gasteiger partial charge on any atom is -0.744 e. The lowest BCUT2D eigenvalue weighted by Crippen LogP contribution is -1.99. The Bertz CT molecular complexity index is 1210. The van der Waals surface area contributed by atoms with Crippen molar-refractivity contribution in [3.8, 4) is 5.75 Å². The molecule has 0 aliphatic heterocycles. The molecule has 138 valence electrons. The van der Waals surface area contributed by atoms with Gasteiger partial charge in [-0.3, -0.25) is 10.1 Å². The van der Waals surface area contributed by atoms with Crippen molar-refractivity contribution in [2.24, 2.45) is 10.2 Å². The van der Waals surface area contributed by atoms with Crippen molar-refractivity contribution in [3.05, 3.63) is 58.6 Å². The van der Waals surface area contributed by atoms with E-state index in [0.29, 0.717) is 0 Å². The lowest BCUT2D eigenvalue weighted by molar-refractivity contribution is -0.384. The molecule has 3 aromatic carbocycles. The van der Waals surface area contributed by atoms with Crippen LogP contribution in [0.2, 0.25) is 0 Å². The third-order valence-electron chi connectivity index (χ3n) is 3.72. The minimum atomic E-state index is -4.71. The summed E-state index contributed by atoms with van der Waals surface area (Å²) in [6, 6.07) is 10.1. The van der Waals surface area contributed by atoms with Crippen molar-refractivity contribution in [3.63, 3.8) is 0 Å². The predicted molar refractivity (Wildman–Crippen MR) is 95.3 cm³/mol. The highest BCUT2D eigenvalue weighted by Crippen LogP contribution is 2.37. The van der Waals surface area contributed by atoms with Crippen LogP contribution in [0.3, 0.4) is 0 Å². The number of nitro groups is 1. The molecule has 0 aromatic heterocycles. The van der Waals surface area contributed by atoms with Crippen molar-refractivity contribution in [1.29, 1.82) is 0 Å². The molecular weight excluding hydrogens is 376 g/mol. The van der Waals surface area contributed by atoms with Crippen LogP contribution in [0.15, 0.2) is 63.7 Å². The Kier molecular flexibility index (Phi) is 4.47. The van der Waals surface area contributed by atoms with Crippen LogP contribution in [-0.4, -0.2) is 23.0 Å². The van der Waals surface area contributed by atoms with Crippen LogP contribution in [-0.2, 0) is 10.1 Å². The van der Waals surface area contributed by atoms with Gasteiger partial charge in [0.2, 0.25) is 0 Å². The molecule has 3 rings (SSSR count). The number of rotatable bonds is 4. The van der Waals surface area contributed by atoms with Crippen LogP contribution in [0.5, 0.6) is 5.75 Å². The number of nitrogens with zero attached hydrogens (tertiary/aromatic N) is 3. The number of hydrogen-bond acceptors (Lipinski definition) is 9. The first-order valence-corrected chi connectivity index (χ1v) is 8.75. The molecule has 0 radical (unpaired) electrons. The summed E-state index contributed by atoms with van der Waals surface area (Å²) in [5.41, 5.74) is 5.76. The van der Waals surface area contributed by atoms with Gasteiger partial charge in [-0.05, 0) is 18.2 Å². The van der Waals surface area contributed by atoms with Crippen molar-refractivity contribution in [1.82, 2.24) is 0 Å². The molecule has 0 saturated carbocycles. The highest BCUT2D eigenvalue weighted by atomic mass is 32.2. The normalized spacial score (nSPS) is 11.9. The Morgan fingerprint density at radius 2 is 1.78 bits per heavy atom. The Hall–Kier alpha value is -3.57. The summed E-state index contributed by atoms with van der Waals surface area (Å²) in [6.45, 7) is 0. The van der Waals surface area contributed by atoms with E-state index < -0.39 is 25.7 Å². The van der Waals surface area contributed by atoms with Gasteiger partial charge in [0, 0.05) is 16.8 Å². The van der Waals surface area contributed by atoms with Gasteiger partial charge in [-0.25, -0.2) is 8.42 Å². The summed E-state index contributed by atoms with van der Waals surface area (Å²) < 4.78 is 34.3. The second-order valence-corrected chi connectivity index (χ2v) is 6.79. The third-order valence-corrected chi connectivity index (χ3v) is 4.62. The van der Waals surface area contributed by atoms with Crippen molar-refractivity contribution in [2.45, 2.75) is 4.90 Å². The average Bonchev–Trinajstić information content (AvgIpc) is 2.60. The molecule has 0 amide bonds. The van der Waals surface area contributed by atoms with Gasteiger partial charge in [0.25, 0.3) is 5.69 Å². The number of aromatic hydroxyl groups is 1. The molecule has 10 nitrogen and oxygen atoms in total. The highest BCUT2D eigenvalue weighted by Gasteiger charge is 2.13. The molecule has 0 saturated heterocycles. The number of azo groups is 1. The zero-order valence-electron chi connectivity index (χ0n) is 13.4. The van der Waals surface area contributed by atoms with Gasteiger partial charge in [-0.15, -0.1) is 10.2 Å². The third kappa shape index (κ3) is 3.54. The summed E-state index contributed by atoms with van der Waals surface area (Å²) in [5.74, 6) is -0.463. The Morgan fingerprint density at radius 3 is 2.41 bits per heavy atom. The van der Waals surface area contributed by atoms with Crippen molar-refractivity contribution in [2.75, 3.05) is 5.73 Å². The molecule has 0 bridgehead atoms. The SMILES string of the molecule is Nc1ccc2c(S(=O)(=O)[O-])cccc2c1N=Nc1ccc([N+](=O)[O-])cc1O. The molecule has 11 heteroatoms. The minimum absolute atomic E-state index is 0.0513. The van der Waals surface area contributed by atoms with Crippen LogP contribution >= 0.6 is 0 Å². The fourth-order valence-electron chi connectivity index (χ4n) is 2.47. The molecule has 0 aliphatic carbocycles. The molecule has 0 atom stereocenters. The average molecular weight is 387 g/mol. The Morgan fingerprint density at radius 1 is 1.04 bits per heavy atom. The van der Waals surface area contributed by atoms with E-state index in [0.717, 1.165) is 12.1 Å². The first kappa shape index (κ1) is 18.2. The summed E-state index contributed by atoms with van der Waals surface area (Å²) in [6.07, 6.45) is 0. The maximum atomic E-state index is 11.4. The zero-order valence-corrected chi connectivity index (χ0v) is 14.3. The maximum Gasteiger partial charge on any atom is 0.273 e. The van der Waals surface area contributed by atoms with Gasteiger partial charge in [-0.1, -0.05) is 18.2 Å². The maximum absolute atomic E-state index is 11.4. The molecule has 0 fully saturated rings. The number of benzene rings is 3. The molecule has 0 spiro atoms. The highest BCUT2D eigenvalue weighted by molar-refractivity contribution is 7.86. The number of nitrogen functional groups attached to an aromatic ring is 1. The van der Waals surface area contributed by atoms with E-state index in [-0.39, 0.29) is 33.5 Å². The summed E-state index contributed by atoms with van der Waals surface area (Å²) >= 11 is 0. The fourth-order valence-corrected chi connectivity index (χ4v) is 3.17. The smallest absolute Gasteiger partial charge is 0.273 e. The van der Waals surface area contributed by atoms with Crippen LogP contribution in [0.25, 0.3) is 10.8 Å². The molecule has 27 heavy (non-hydrogen) atoms. The van der Waals surface area contributed by atoms with E-state index in [2.05, 4.69) is 10.2 Å². The second kappa shape index (κ2) is 6.63. The second-order valence-electron chi connectivity index (χ2n) is 5.44. The van der Waals surface area contributed by atoms with Gasteiger partial charge in [0.05, 0.1) is 21.6 Å². The number of phenolic OH excluding ortho intramolecular Hbond substituents is 1. The topological polar surface area (TPSA) is 171 Å². The van der Waals surface area contributed by atoms with Gasteiger partial charge in [0.1, 0.15) is 27.2 Å². The molecule has 0 heterocycles.